The van der Waals surface area contributed by atoms with Crippen LogP contribution in [0.5, 0.6) is 11.5 Å². The van der Waals surface area contributed by atoms with Gasteiger partial charge in [-0.15, -0.1) is 0 Å². The number of hydrogen-bond donors (Lipinski definition) is 1. The molecule has 1 aliphatic heterocycles. The average molecular weight is 286 g/mol. The third-order valence-corrected chi connectivity index (χ3v) is 4.02. The van der Waals surface area contributed by atoms with Crippen molar-refractivity contribution in [1.29, 1.82) is 0 Å². The van der Waals surface area contributed by atoms with Gasteiger partial charge in [-0.05, 0) is 30.8 Å². The highest BCUT2D eigenvalue weighted by atomic mass is 32.2. The van der Waals surface area contributed by atoms with Crippen LogP contribution >= 0.6 is 0 Å². The van der Waals surface area contributed by atoms with Gasteiger partial charge >= 0.3 is 0 Å². The fourth-order valence-corrected chi connectivity index (χ4v) is 2.77. The first-order chi connectivity index (χ1) is 8.95. The van der Waals surface area contributed by atoms with Gasteiger partial charge in [0.25, 0.3) is 0 Å². The molecule has 2 N–H and O–H groups in total. The highest BCUT2D eigenvalue weighted by Crippen LogP contribution is 2.39. The van der Waals surface area contributed by atoms with Crippen molar-refractivity contribution in [3.63, 3.8) is 0 Å². The van der Waals surface area contributed by atoms with Gasteiger partial charge in [0, 0.05) is 6.54 Å². The molecule has 1 aromatic rings. The minimum Gasteiger partial charge on any atom is -0.454 e. The van der Waals surface area contributed by atoms with Crippen molar-refractivity contribution in [2.24, 2.45) is 5.14 Å². The third-order valence-electron chi connectivity index (χ3n) is 3.11. The lowest BCUT2D eigenvalue weighted by Gasteiger charge is -2.18. The molecule has 0 saturated heterocycles. The molecule has 0 spiro atoms. The molecule has 1 aromatic carbocycles. The Hall–Kier alpha value is -1.31. The first-order valence-electron chi connectivity index (χ1n) is 6.13. The smallest absolute Gasteiger partial charge is 0.241 e. The van der Waals surface area contributed by atoms with Crippen LogP contribution in [0.25, 0.3) is 0 Å². The molecule has 0 atom stereocenters. The third kappa shape index (κ3) is 2.99. The van der Waals surface area contributed by atoms with Crippen LogP contribution in [0.4, 0.5) is 0 Å². The maximum atomic E-state index is 11.6. The van der Waals surface area contributed by atoms with E-state index in [0.29, 0.717) is 12.3 Å². The first-order valence-corrected chi connectivity index (χ1v) is 7.68. The molecule has 19 heavy (non-hydrogen) atoms. The highest BCUT2D eigenvalue weighted by Gasteiger charge is 2.25. The van der Waals surface area contributed by atoms with E-state index >= 15 is 0 Å². The lowest BCUT2D eigenvalue weighted by Crippen LogP contribution is -2.22. The normalized spacial score (nSPS) is 14.1. The van der Waals surface area contributed by atoms with Gasteiger partial charge in [-0.2, -0.15) is 0 Å². The van der Waals surface area contributed by atoms with Crippen LogP contribution in [-0.4, -0.2) is 33.2 Å². The monoisotopic (exact) mass is 286 g/mol. The molecule has 106 valence electrons. The van der Waals surface area contributed by atoms with Crippen LogP contribution in [-0.2, 0) is 16.6 Å². The van der Waals surface area contributed by atoms with Crippen molar-refractivity contribution in [1.82, 2.24) is 4.90 Å². The molecule has 0 bridgehead atoms. The van der Waals surface area contributed by atoms with Gasteiger partial charge < -0.3 is 9.47 Å². The van der Waals surface area contributed by atoms with Gasteiger partial charge in [-0.3, -0.25) is 4.90 Å². The van der Waals surface area contributed by atoms with E-state index in [1.54, 1.807) is 12.1 Å². The number of primary sulfonamides is 1. The number of nitrogens with zero attached hydrogens (tertiary/aromatic N) is 1. The number of fused-ring (bicyclic) bond motifs is 1. The minimum atomic E-state index is -3.82. The summed E-state index contributed by atoms with van der Waals surface area (Å²) in [6.45, 7) is 6.54. The van der Waals surface area contributed by atoms with Crippen molar-refractivity contribution < 1.29 is 17.9 Å². The Morgan fingerprint density at radius 1 is 1.26 bits per heavy atom. The number of ether oxygens (including phenoxy) is 2. The van der Waals surface area contributed by atoms with E-state index in [4.69, 9.17) is 14.6 Å². The predicted molar refractivity (Wildman–Crippen MR) is 70.6 cm³/mol. The van der Waals surface area contributed by atoms with E-state index in [0.717, 1.165) is 18.7 Å². The average Bonchev–Trinajstić information content (AvgIpc) is 2.81. The van der Waals surface area contributed by atoms with Crippen molar-refractivity contribution in [2.45, 2.75) is 25.3 Å². The van der Waals surface area contributed by atoms with Crippen LogP contribution in [0.15, 0.2) is 17.0 Å². The van der Waals surface area contributed by atoms with E-state index in [1.165, 1.54) is 0 Å². The Kier molecular flexibility index (Phi) is 3.98. The summed E-state index contributed by atoms with van der Waals surface area (Å²) in [5.41, 5.74) is 0.844. The molecule has 7 heteroatoms. The zero-order valence-corrected chi connectivity index (χ0v) is 11.9. The largest absolute Gasteiger partial charge is 0.454 e. The molecule has 0 unspecified atom stereocenters. The molecule has 0 saturated carbocycles. The topological polar surface area (TPSA) is 81.9 Å². The summed E-state index contributed by atoms with van der Waals surface area (Å²) in [6, 6.07) is 3.36. The van der Waals surface area contributed by atoms with Crippen LogP contribution in [0.1, 0.15) is 19.4 Å². The summed E-state index contributed by atoms with van der Waals surface area (Å²) in [6.07, 6.45) is 0. The molecule has 6 nitrogen and oxygen atoms in total. The molecule has 0 fully saturated rings. The van der Waals surface area contributed by atoms with Crippen LogP contribution < -0.4 is 14.6 Å². The zero-order valence-electron chi connectivity index (χ0n) is 11.0. The number of nitrogens with two attached hydrogens (primary N) is 1. The van der Waals surface area contributed by atoms with Crippen LogP contribution in [0, 0.1) is 0 Å². The molecule has 0 radical (unpaired) electrons. The molecule has 0 amide bonds. The van der Waals surface area contributed by atoms with Gasteiger partial charge in [0.05, 0.1) is 0 Å². The Bertz CT molecular complexity index is 567. The fourth-order valence-electron chi connectivity index (χ4n) is 2.04. The van der Waals surface area contributed by atoms with E-state index in [-0.39, 0.29) is 17.4 Å². The summed E-state index contributed by atoms with van der Waals surface area (Å²) >= 11 is 0. The maximum absolute atomic E-state index is 11.6. The molecule has 0 aromatic heterocycles. The summed E-state index contributed by atoms with van der Waals surface area (Å²) in [4.78, 5) is 2.16. The van der Waals surface area contributed by atoms with Crippen molar-refractivity contribution in [3.05, 3.63) is 17.7 Å². The van der Waals surface area contributed by atoms with Gasteiger partial charge in [-0.25, -0.2) is 13.6 Å². The first kappa shape index (κ1) is 14.1. The maximum Gasteiger partial charge on any atom is 0.241 e. The van der Waals surface area contributed by atoms with E-state index in [9.17, 15) is 8.42 Å². The molecule has 2 rings (SSSR count). The van der Waals surface area contributed by atoms with Gasteiger partial charge in [0.1, 0.15) is 4.90 Å². The Morgan fingerprint density at radius 2 is 1.95 bits per heavy atom. The number of sulfonamides is 1. The van der Waals surface area contributed by atoms with Gasteiger partial charge in [0.15, 0.2) is 11.5 Å². The van der Waals surface area contributed by atoms with Crippen LogP contribution in [0.2, 0.25) is 0 Å². The Labute approximate surface area is 113 Å². The molecule has 0 aliphatic carbocycles. The Balaban J connectivity index is 2.42. The molecular weight excluding hydrogens is 268 g/mol. The second kappa shape index (κ2) is 5.36. The number of hydrogen-bond acceptors (Lipinski definition) is 5. The van der Waals surface area contributed by atoms with Crippen molar-refractivity contribution in [2.75, 3.05) is 19.9 Å². The number of rotatable bonds is 5. The second-order valence-corrected chi connectivity index (χ2v) is 5.86. The van der Waals surface area contributed by atoms with E-state index < -0.39 is 10.0 Å². The summed E-state index contributed by atoms with van der Waals surface area (Å²) in [5.74, 6) is 0.652. The standard InChI is InChI=1S/C12H18N2O4S/c1-3-14(4-2)7-9-5-10-12(18-8-17-10)11(6-9)19(13,15)16/h5-6H,3-4,7-8H2,1-2H3,(H2,13,15,16). The SMILES string of the molecule is CCN(CC)Cc1cc2c(c(S(N)(=O)=O)c1)OCO2. The highest BCUT2D eigenvalue weighted by molar-refractivity contribution is 7.89. The molecule has 1 heterocycles. The lowest BCUT2D eigenvalue weighted by molar-refractivity contribution is 0.172. The Morgan fingerprint density at radius 3 is 2.53 bits per heavy atom. The lowest BCUT2D eigenvalue weighted by atomic mass is 10.2. The summed E-state index contributed by atoms with van der Waals surface area (Å²) < 4.78 is 33.6. The van der Waals surface area contributed by atoms with E-state index in [1.807, 2.05) is 0 Å². The molecule has 1 aliphatic rings. The summed E-state index contributed by atoms with van der Waals surface area (Å²) in [5, 5.41) is 5.22. The second-order valence-electron chi connectivity index (χ2n) is 4.33. The predicted octanol–water partition coefficient (Wildman–Crippen LogP) is 0.905. The quantitative estimate of drug-likeness (QED) is 0.870. The van der Waals surface area contributed by atoms with Crippen molar-refractivity contribution in [3.8, 4) is 11.5 Å². The van der Waals surface area contributed by atoms with Crippen molar-refractivity contribution >= 4 is 10.0 Å². The fraction of sp³-hybridized carbons (Fsp3) is 0.500. The van der Waals surface area contributed by atoms with Gasteiger partial charge in [0.2, 0.25) is 16.8 Å². The van der Waals surface area contributed by atoms with E-state index in [2.05, 4.69) is 18.7 Å². The van der Waals surface area contributed by atoms with Gasteiger partial charge in [-0.1, -0.05) is 13.8 Å². The zero-order chi connectivity index (χ0) is 14.0. The summed E-state index contributed by atoms with van der Waals surface area (Å²) in [7, 11) is -3.82. The molecular formula is C12H18N2O4S. The van der Waals surface area contributed by atoms with Crippen LogP contribution in [0.3, 0.4) is 0 Å². The minimum absolute atomic E-state index is 0.00958. The number of benzene rings is 1.